The molecule has 0 fully saturated rings. The lowest BCUT2D eigenvalue weighted by atomic mass is 10.2. The van der Waals surface area contributed by atoms with E-state index in [1.807, 2.05) is 20.8 Å². The summed E-state index contributed by atoms with van der Waals surface area (Å²) in [6, 6.07) is 0.198. The molecule has 0 spiro atoms. The normalized spacial score (nSPS) is 16.3. The summed E-state index contributed by atoms with van der Waals surface area (Å²) >= 11 is 0. The van der Waals surface area contributed by atoms with Crippen molar-refractivity contribution in [3.8, 4) is 0 Å². The van der Waals surface area contributed by atoms with Gasteiger partial charge in [-0.2, -0.15) is 0 Å². The highest BCUT2D eigenvalue weighted by atomic mass is 16.5. The van der Waals surface area contributed by atoms with E-state index in [0.717, 1.165) is 11.3 Å². The van der Waals surface area contributed by atoms with E-state index in [4.69, 9.17) is 10.5 Å². The van der Waals surface area contributed by atoms with Gasteiger partial charge in [0.25, 0.3) is 0 Å². The molecule has 0 aromatic rings. The van der Waals surface area contributed by atoms with Crippen molar-refractivity contribution in [1.82, 2.24) is 0 Å². The van der Waals surface area contributed by atoms with Crippen molar-refractivity contribution in [2.75, 3.05) is 13.7 Å². The second-order valence-corrected chi connectivity index (χ2v) is 2.95. The summed E-state index contributed by atoms with van der Waals surface area (Å²) in [5, 5.41) is 0. The topological polar surface area (TPSA) is 47.6 Å². The van der Waals surface area contributed by atoms with Gasteiger partial charge in [0.1, 0.15) is 0 Å². The Labute approximate surface area is 74.3 Å². The number of allylic oxidation sites excluding steroid dienone is 2. The van der Waals surface area contributed by atoms with Crippen molar-refractivity contribution >= 4 is 6.21 Å². The number of hydrogen-bond acceptors (Lipinski definition) is 3. The predicted molar refractivity (Wildman–Crippen MR) is 52.4 cm³/mol. The van der Waals surface area contributed by atoms with Gasteiger partial charge in [-0.05, 0) is 26.3 Å². The Morgan fingerprint density at radius 2 is 2.17 bits per heavy atom. The van der Waals surface area contributed by atoms with Crippen molar-refractivity contribution < 1.29 is 4.74 Å². The van der Waals surface area contributed by atoms with E-state index in [1.54, 1.807) is 13.3 Å². The van der Waals surface area contributed by atoms with Crippen LogP contribution in [-0.4, -0.2) is 26.0 Å². The summed E-state index contributed by atoms with van der Waals surface area (Å²) in [5.41, 5.74) is 7.37. The number of rotatable bonds is 4. The maximum absolute atomic E-state index is 5.55. The van der Waals surface area contributed by atoms with Crippen molar-refractivity contribution in [3.63, 3.8) is 0 Å². The Hall–Kier alpha value is -0.830. The van der Waals surface area contributed by atoms with E-state index in [9.17, 15) is 0 Å². The Morgan fingerprint density at radius 1 is 1.58 bits per heavy atom. The Morgan fingerprint density at radius 3 is 2.58 bits per heavy atom. The van der Waals surface area contributed by atoms with Crippen molar-refractivity contribution in [3.05, 3.63) is 11.3 Å². The van der Waals surface area contributed by atoms with Gasteiger partial charge in [0, 0.05) is 19.0 Å². The first-order valence-electron chi connectivity index (χ1n) is 4.03. The number of hydrogen-bond donors (Lipinski definition) is 1. The molecule has 0 aliphatic heterocycles. The van der Waals surface area contributed by atoms with Crippen LogP contribution in [0.3, 0.4) is 0 Å². The van der Waals surface area contributed by atoms with Crippen LogP contribution >= 0.6 is 0 Å². The molecular formula is C9H18N2O. The lowest BCUT2D eigenvalue weighted by molar-refractivity contribution is 0.186. The van der Waals surface area contributed by atoms with Crippen LogP contribution in [0.15, 0.2) is 16.3 Å². The van der Waals surface area contributed by atoms with Gasteiger partial charge >= 0.3 is 0 Å². The molecule has 2 N–H and O–H groups in total. The zero-order valence-electron chi connectivity index (χ0n) is 8.29. The molecule has 70 valence electrons. The second kappa shape index (κ2) is 5.77. The number of methoxy groups -OCH3 is 1. The average Bonchev–Trinajstić information content (AvgIpc) is 2.00. The SMILES string of the molecule is COC[C@@H](C)N=CC(C)=C(C)N. The van der Waals surface area contributed by atoms with Crippen LogP contribution in [0.4, 0.5) is 0 Å². The first-order chi connectivity index (χ1) is 5.57. The number of aliphatic imine (C=N–C) groups is 1. The predicted octanol–water partition coefficient (Wildman–Crippen LogP) is 1.34. The molecule has 3 nitrogen and oxygen atoms in total. The molecule has 0 amide bonds. The molecule has 3 heteroatoms. The number of ether oxygens (including phenoxy) is 1. The van der Waals surface area contributed by atoms with Crippen LogP contribution < -0.4 is 5.73 Å². The summed E-state index contributed by atoms with van der Waals surface area (Å²) in [7, 11) is 1.67. The minimum absolute atomic E-state index is 0.198. The zero-order valence-corrected chi connectivity index (χ0v) is 8.29. The average molecular weight is 170 g/mol. The third-order valence-corrected chi connectivity index (χ3v) is 1.55. The molecule has 0 heterocycles. The minimum Gasteiger partial charge on any atom is -0.402 e. The van der Waals surface area contributed by atoms with Crippen LogP contribution in [0, 0.1) is 0 Å². The fourth-order valence-electron chi connectivity index (χ4n) is 0.625. The standard InChI is InChI=1S/C9H18N2O/c1-7(9(3)10)5-11-8(2)6-12-4/h5,8H,6,10H2,1-4H3/t8-/m1/s1. The highest BCUT2D eigenvalue weighted by molar-refractivity contribution is 5.78. The van der Waals surface area contributed by atoms with Gasteiger partial charge in [-0.25, -0.2) is 0 Å². The van der Waals surface area contributed by atoms with Gasteiger partial charge in [0.05, 0.1) is 12.6 Å². The Bertz CT molecular complexity index is 181. The van der Waals surface area contributed by atoms with Gasteiger partial charge in [0.15, 0.2) is 0 Å². The molecule has 0 saturated carbocycles. The highest BCUT2D eigenvalue weighted by Gasteiger charge is 1.95. The smallest absolute Gasteiger partial charge is 0.0704 e. The van der Waals surface area contributed by atoms with Gasteiger partial charge in [0.2, 0.25) is 0 Å². The molecule has 0 unspecified atom stereocenters. The largest absolute Gasteiger partial charge is 0.402 e. The molecule has 0 rings (SSSR count). The minimum atomic E-state index is 0.198. The third kappa shape index (κ3) is 4.91. The lowest BCUT2D eigenvalue weighted by Crippen LogP contribution is -2.07. The van der Waals surface area contributed by atoms with Crippen LogP contribution in [0.25, 0.3) is 0 Å². The molecule has 0 radical (unpaired) electrons. The molecule has 1 atom stereocenters. The molecule has 0 saturated heterocycles. The quantitative estimate of drug-likeness (QED) is 0.647. The van der Waals surface area contributed by atoms with Crippen LogP contribution in [0.5, 0.6) is 0 Å². The molecule has 0 bridgehead atoms. The first-order valence-corrected chi connectivity index (χ1v) is 4.03. The van der Waals surface area contributed by atoms with Gasteiger partial charge < -0.3 is 10.5 Å². The number of nitrogens with zero attached hydrogens (tertiary/aromatic N) is 1. The van der Waals surface area contributed by atoms with E-state index >= 15 is 0 Å². The molecule has 0 aromatic heterocycles. The van der Waals surface area contributed by atoms with Crippen LogP contribution in [0.2, 0.25) is 0 Å². The van der Waals surface area contributed by atoms with E-state index in [1.165, 1.54) is 0 Å². The van der Waals surface area contributed by atoms with Gasteiger partial charge in [-0.3, -0.25) is 4.99 Å². The lowest BCUT2D eigenvalue weighted by Gasteiger charge is -2.03. The summed E-state index contributed by atoms with van der Waals surface area (Å²) in [6.45, 7) is 6.45. The fraction of sp³-hybridized carbons (Fsp3) is 0.667. The summed E-state index contributed by atoms with van der Waals surface area (Å²) in [4.78, 5) is 4.25. The maximum Gasteiger partial charge on any atom is 0.0704 e. The number of nitrogens with two attached hydrogens (primary N) is 1. The van der Waals surface area contributed by atoms with E-state index in [2.05, 4.69) is 4.99 Å². The zero-order chi connectivity index (χ0) is 9.56. The summed E-state index contributed by atoms with van der Waals surface area (Å²) < 4.78 is 4.94. The van der Waals surface area contributed by atoms with Crippen molar-refractivity contribution in [1.29, 1.82) is 0 Å². The highest BCUT2D eigenvalue weighted by Crippen LogP contribution is 1.95. The Balaban J connectivity index is 3.98. The first kappa shape index (κ1) is 11.2. The van der Waals surface area contributed by atoms with E-state index in [-0.39, 0.29) is 6.04 Å². The second-order valence-electron chi connectivity index (χ2n) is 2.95. The van der Waals surface area contributed by atoms with E-state index in [0.29, 0.717) is 6.61 Å². The van der Waals surface area contributed by atoms with Gasteiger partial charge in [-0.1, -0.05) is 0 Å². The molecule has 12 heavy (non-hydrogen) atoms. The van der Waals surface area contributed by atoms with Crippen molar-refractivity contribution in [2.24, 2.45) is 10.7 Å². The Kier molecular flexibility index (Phi) is 5.37. The van der Waals surface area contributed by atoms with Crippen molar-refractivity contribution in [2.45, 2.75) is 26.8 Å². The molecular weight excluding hydrogens is 152 g/mol. The third-order valence-electron chi connectivity index (χ3n) is 1.55. The molecule has 0 aromatic carbocycles. The maximum atomic E-state index is 5.55. The van der Waals surface area contributed by atoms with Gasteiger partial charge in [-0.15, -0.1) is 0 Å². The fourth-order valence-corrected chi connectivity index (χ4v) is 0.625. The van der Waals surface area contributed by atoms with E-state index < -0.39 is 0 Å². The van der Waals surface area contributed by atoms with Crippen LogP contribution in [0.1, 0.15) is 20.8 Å². The summed E-state index contributed by atoms with van der Waals surface area (Å²) in [6.07, 6.45) is 1.79. The molecule has 0 aliphatic rings. The van der Waals surface area contributed by atoms with Crippen LogP contribution in [-0.2, 0) is 4.74 Å². The monoisotopic (exact) mass is 170 g/mol. The summed E-state index contributed by atoms with van der Waals surface area (Å²) in [5.74, 6) is 0. The molecule has 0 aliphatic carbocycles.